The molecule has 1 unspecified atom stereocenters. The van der Waals surface area contributed by atoms with E-state index in [1.54, 1.807) is 13.2 Å². The topological polar surface area (TPSA) is 102 Å². The first-order chi connectivity index (χ1) is 17.5. The van der Waals surface area contributed by atoms with Gasteiger partial charge in [-0.2, -0.15) is 5.26 Å². The molecule has 1 fully saturated rings. The van der Waals surface area contributed by atoms with Crippen LogP contribution < -0.4 is 19.9 Å². The van der Waals surface area contributed by atoms with Gasteiger partial charge in [0.1, 0.15) is 35.8 Å². The summed E-state index contributed by atoms with van der Waals surface area (Å²) in [6.45, 7) is 6.15. The van der Waals surface area contributed by atoms with Gasteiger partial charge in [0.15, 0.2) is 0 Å². The van der Waals surface area contributed by atoms with Crippen molar-refractivity contribution in [1.29, 1.82) is 5.26 Å². The third kappa shape index (κ3) is 5.88. The second kappa shape index (κ2) is 11.8. The summed E-state index contributed by atoms with van der Waals surface area (Å²) in [5.41, 5.74) is 3.33. The van der Waals surface area contributed by atoms with Gasteiger partial charge in [0.2, 0.25) is 0 Å². The molecule has 0 saturated carbocycles. The minimum absolute atomic E-state index is 0.0920. The van der Waals surface area contributed by atoms with Gasteiger partial charge < -0.3 is 24.5 Å². The zero-order chi connectivity index (χ0) is 25.5. The molecule has 1 saturated heterocycles. The molecule has 188 valence electrons. The highest BCUT2D eigenvalue weighted by atomic mass is 16.5. The van der Waals surface area contributed by atoms with Gasteiger partial charge in [-0.15, -0.1) is 0 Å². The van der Waals surface area contributed by atoms with E-state index in [1.807, 2.05) is 55.5 Å². The van der Waals surface area contributed by atoms with Gasteiger partial charge in [0, 0.05) is 44.0 Å². The van der Waals surface area contributed by atoms with Gasteiger partial charge in [-0.25, -0.2) is 0 Å². The van der Waals surface area contributed by atoms with Crippen molar-refractivity contribution < 1.29 is 14.6 Å². The van der Waals surface area contributed by atoms with Crippen molar-refractivity contribution in [2.75, 3.05) is 51.3 Å². The normalized spacial score (nSPS) is 14.8. The summed E-state index contributed by atoms with van der Waals surface area (Å²) in [7, 11) is 1.69. The molecule has 1 aliphatic rings. The lowest BCUT2D eigenvalue weighted by Crippen LogP contribution is -2.49. The van der Waals surface area contributed by atoms with Crippen LogP contribution in [0.4, 0.5) is 5.69 Å². The van der Waals surface area contributed by atoms with Crippen molar-refractivity contribution >= 4 is 5.69 Å². The second-order valence-corrected chi connectivity index (χ2v) is 8.82. The molecule has 8 heteroatoms. The number of ether oxygens (including phenoxy) is 2. The summed E-state index contributed by atoms with van der Waals surface area (Å²) in [5, 5.41) is 19.7. The van der Waals surface area contributed by atoms with E-state index < -0.39 is 6.10 Å². The Hall–Kier alpha value is -3.80. The van der Waals surface area contributed by atoms with E-state index in [0.29, 0.717) is 18.7 Å². The first kappa shape index (κ1) is 25.3. The number of para-hydroxylation sites is 2. The highest BCUT2D eigenvalue weighted by molar-refractivity contribution is 5.68. The van der Waals surface area contributed by atoms with Gasteiger partial charge in [-0.05, 0) is 42.3 Å². The van der Waals surface area contributed by atoms with Gasteiger partial charge >= 0.3 is 0 Å². The number of aryl methyl sites for hydroxylation is 1. The third-order valence-electron chi connectivity index (χ3n) is 6.47. The zero-order valence-corrected chi connectivity index (χ0v) is 20.7. The standard InChI is InChI=1S/C28H32N4O4/c1-3-25-24(16-21(17-29)28(34)30-25)20-8-10-23(11-9-20)36-19-22(33)18-31-12-14-32(15-13-31)26-6-4-5-7-27(26)35-2/h4-11,16,22,33H,3,12-15,18-19H2,1-2H3,(H,30,34). The van der Waals surface area contributed by atoms with Crippen LogP contribution >= 0.6 is 0 Å². The summed E-state index contributed by atoms with van der Waals surface area (Å²) < 4.78 is 11.3. The van der Waals surface area contributed by atoms with E-state index in [1.165, 1.54) is 0 Å². The van der Waals surface area contributed by atoms with Gasteiger partial charge in [-0.1, -0.05) is 31.2 Å². The Labute approximate surface area is 211 Å². The molecule has 0 amide bonds. The van der Waals surface area contributed by atoms with Gasteiger partial charge in [0.05, 0.1) is 12.8 Å². The molecular formula is C28H32N4O4. The molecule has 0 spiro atoms. The molecule has 3 aromatic rings. The fourth-order valence-electron chi connectivity index (χ4n) is 4.52. The number of nitrogens with one attached hydrogen (secondary N) is 1. The molecule has 2 N–H and O–H groups in total. The monoisotopic (exact) mass is 488 g/mol. The van der Waals surface area contributed by atoms with Crippen molar-refractivity contribution in [1.82, 2.24) is 9.88 Å². The number of H-pyrrole nitrogens is 1. The number of rotatable bonds is 9. The number of aromatic amines is 1. The Morgan fingerprint density at radius 1 is 1.11 bits per heavy atom. The molecule has 0 aliphatic carbocycles. The highest BCUT2D eigenvalue weighted by Gasteiger charge is 2.21. The summed E-state index contributed by atoms with van der Waals surface area (Å²) in [4.78, 5) is 19.3. The van der Waals surface area contributed by atoms with E-state index in [9.17, 15) is 15.2 Å². The Morgan fingerprint density at radius 2 is 1.83 bits per heavy atom. The summed E-state index contributed by atoms with van der Waals surface area (Å²) in [6.07, 6.45) is 0.0417. The Balaban J connectivity index is 1.29. The van der Waals surface area contributed by atoms with Crippen LogP contribution in [0, 0.1) is 11.3 Å². The van der Waals surface area contributed by atoms with E-state index in [4.69, 9.17) is 9.47 Å². The Bertz CT molecular complexity index is 1260. The average molecular weight is 489 g/mol. The maximum Gasteiger partial charge on any atom is 0.266 e. The van der Waals surface area contributed by atoms with Crippen molar-refractivity contribution in [2.45, 2.75) is 19.4 Å². The van der Waals surface area contributed by atoms with Crippen molar-refractivity contribution in [3.05, 3.63) is 76.2 Å². The van der Waals surface area contributed by atoms with Crippen LogP contribution in [0.25, 0.3) is 11.1 Å². The minimum atomic E-state index is -0.605. The number of aromatic nitrogens is 1. The lowest BCUT2D eigenvalue weighted by atomic mass is 10.0. The van der Waals surface area contributed by atoms with Crippen LogP contribution in [0.2, 0.25) is 0 Å². The highest BCUT2D eigenvalue weighted by Crippen LogP contribution is 2.28. The molecule has 2 heterocycles. The molecule has 0 radical (unpaired) electrons. The number of anilines is 1. The van der Waals surface area contributed by atoms with Crippen LogP contribution in [-0.2, 0) is 6.42 Å². The van der Waals surface area contributed by atoms with Gasteiger partial charge in [0.25, 0.3) is 5.56 Å². The molecule has 8 nitrogen and oxygen atoms in total. The molecule has 4 rings (SSSR count). The number of hydrogen-bond donors (Lipinski definition) is 2. The molecule has 1 aromatic heterocycles. The number of hydrogen-bond acceptors (Lipinski definition) is 7. The smallest absolute Gasteiger partial charge is 0.266 e. The number of benzene rings is 2. The summed E-state index contributed by atoms with van der Waals surface area (Å²) in [6, 6.07) is 19.1. The summed E-state index contributed by atoms with van der Waals surface area (Å²) in [5.74, 6) is 1.53. The van der Waals surface area contributed by atoms with Crippen LogP contribution in [0.1, 0.15) is 18.2 Å². The van der Waals surface area contributed by atoms with E-state index in [-0.39, 0.29) is 17.7 Å². The average Bonchev–Trinajstić information content (AvgIpc) is 2.92. The first-order valence-corrected chi connectivity index (χ1v) is 12.2. The van der Waals surface area contributed by atoms with Crippen LogP contribution in [0.3, 0.4) is 0 Å². The number of aliphatic hydroxyl groups is 1. The van der Waals surface area contributed by atoms with E-state index in [0.717, 1.165) is 54.4 Å². The van der Waals surface area contributed by atoms with Crippen LogP contribution in [0.5, 0.6) is 11.5 Å². The molecule has 2 aromatic carbocycles. The number of pyridine rings is 1. The fourth-order valence-corrected chi connectivity index (χ4v) is 4.52. The Kier molecular flexibility index (Phi) is 8.26. The second-order valence-electron chi connectivity index (χ2n) is 8.82. The number of methoxy groups -OCH3 is 1. The van der Waals surface area contributed by atoms with Gasteiger partial charge in [-0.3, -0.25) is 9.69 Å². The number of piperazine rings is 1. The SMILES string of the molecule is CCc1[nH]c(=O)c(C#N)cc1-c1ccc(OCC(O)CN2CCN(c3ccccc3OC)CC2)cc1. The van der Waals surface area contributed by atoms with Crippen molar-refractivity contribution in [3.63, 3.8) is 0 Å². The quantitative estimate of drug-likeness (QED) is 0.477. The molecule has 1 atom stereocenters. The lowest BCUT2D eigenvalue weighted by molar-refractivity contribution is 0.0663. The molecule has 0 bridgehead atoms. The number of aliphatic hydroxyl groups excluding tert-OH is 1. The fraction of sp³-hybridized carbons (Fsp3) is 0.357. The number of β-amino-alcohol motifs (C(OH)–C–C–N with tert-alkyl or cyclic N) is 1. The van der Waals surface area contributed by atoms with Crippen molar-refractivity contribution in [3.8, 4) is 28.7 Å². The van der Waals surface area contributed by atoms with E-state index >= 15 is 0 Å². The lowest BCUT2D eigenvalue weighted by Gasteiger charge is -2.37. The largest absolute Gasteiger partial charge is 0.495 e. The van der Waals surface area contributed by atoms with Crippen LogP contribution in [-0.4, -0.2) is 67.5 Å². The predicted octanol–water partition coefficient (Wildman–Crippen LogP) is 3.05. The minimum Gasteiger partial charge on any atom is -0.495 e. The summed E-state index contributed by atoms with van der Waals surface area (Å²) >= 11 is 0. The zero-order valence-electron chi connectivity index (χ0n) is 20.7. The predicted molar refractivity (Wildman–Crippen MR) is 140 cm³/mol. The van der Waals surface area contributed by atoms with E-state index in [2.05, 4.69) is 20.9 Å². The third-order valence-corrected chi connectivity index (χ3v) is 6.47. The number of nitriles is 1. The molecular weight excluding hydrogens is 456 g/mol. The maximum atomic E-state index is 11.9. The number of nitrogens with zero attached hydrogens (tertiary/aromatic N) is 3. The first-order valence-electron chi connectivity index (χ1n) is 12.2. The van der Waals surface area contributed by atoms with Crippen LogP contribution in [0.15, 0.2) is 59.4 Å². The van der Waals surface area contributed by atoms with Crippen molar-refractivity contribution in [2.24, 2.45) is 0 Å². The Morgan fingerprint density at radius 3 is 2.50 bits per heavy atom. The molecule has 1 aliphatic heterocycles. The maximum absolute atomic E-state index is 11.9. The molecule has 36 heavy (non-hydrogen) atoms.